The van der Waals surface area contributed by atoms with Crippen molar-refractivity contribution in [3.05, 3.63) is 0 Å². The van der Waals surface area contributed by atoms with Gasteiger partial charge in [-0.15, -0.1) is 0 Å². The summed E-state index contributed by atoms with van der Waals surface area (Å²) in [6, 6.07) is 0. The van der Waals surface area contributed by atoms with Crippen molar-refractivity contribution in [3.63, 3.8) is 0 Å². The number of hydrogen-bond donors (Lipinski definition) is 1. The van der Waals surface area contributed by atoms with Crippen LogP contribution in [0.5, 0.6) is 0 Å². The first-order chi connectivity index (χ1) is 10.1. The summed E-state index contributed by atoms with van der Waals surface area (Å²) >= 11 is 0. The minimum atomic E-state index is -4.24. The van der Waals surface area contributed by atoms with Crippen LogP contribution >= 0.6 is 0 Å². The van der Waals surface area contributed by atoms with E-state index in [1.54, 1.807) is 0 Å². The molecule has 1 N–H and O–H groups in total. The molecule has 0 saturated heterocycles. The third kappa shape index (κ3) is 23.4. The van der Waals surface area contributed by atoms with Crippen LogP contribution in [0.15, 0.2) is 0 Å². The SMILES string of the molecule is CCCCCCCCCCCCCCCCOS(=O)(=O)O.[CaH2]. The Kier molecular flexibility index (Phi) is 21.3. The van der Waals surface area contributed by atoms with E-state index in [1.807, 2.05) is 0 Å². The summed E-state index contributed by atoms with van der Waals surface area (Å²) in [6.07, 6.45) is 17.6. The van der Waals surface area contributed by atoms with Crippen molar-refractivity contribution in [2.75, 3.05) is 6.61 Å². The Morgan fingerprint density at radius 2 is 1.00 bits per heavy atom. The van der Waals surface area contributed by atoms with Crippen molar-refractivity contribution in [1.29, 1.82) is 0 Å². The monoisotopic (exact) mass is 364 g/mol. The van der Waals surface area contributed by atoms with Crippen LogP contribution in [0.3, 0.4) is 0 Å². The van der Waals surface area contributed by atoms with Gasteiger partial charge in [0.15, 0.2) is 0 Å². The van der Waals surface area contributed by atoms with E-state index in [0.29, 0.717) is 6.42 Å². The minimum absolute atomic E-state index is 0. The summed E-state index contributed by atoms with van der Waals surface area (Å²) in [5.41, 5.74) is 0. The maximum atomic E-state index is 10.3. The first-order valence-corrected chi connectivity index (χ1v) is 10.0. The molecule has 0 aromatic rings. The van der Waals surface area contributed by atoms with Crippen LogP contribution in [0.2, 0.25) is 0 Å². The third-order valence-electron chi connectivity index (χ3n) is 3.73. The van der Waals surface area contributed by atoms with Crippen molar-refractivity contribution in [2.45, 2.75) is 96.8 Å². The Morgan fingerprint density at radius 3 is 1.32 bits per heavy atom. The Balaban J connectivity index is 0. The fourth-order valence-electron chi connectivity index (χ4n) is 2.46. The molecule has 0 radical (unpaired) electrons. The predicted octanol–water partition coefficient (Wildman–Crippen LogP) is 4.37. The fraction of sp³-hybridized carbons (Fsp3) is 1.00. The van der Waals surface area contributed by atoms with Crippen LogP contribution < -0.4 is 0 Å². The standard InChI is InChI=1S/C16H34O4S.Ca.2H/c1-2-3-4-5-6-7-8-9-10-11-12-13-14-15-16-20-21(17,18)19;;;/h2-16H2,1H3,(H,17,18,19);;;. The summed E-state index contributed by atoms with van der Waals surface area (Å²) < 4.78 is 33.2. The molecule has 0 aromatic carbocycles. The van der Waals surface area contributed by atoms with E-state index in [0.717, 1.165) is 12.8 Å². The summed E-state index contributed by atoms with van der Waals surface area (Å²) in [4.78, 5) is 0. The Hall–Kier alpha value is 1.13. The predicted molar refractivity (Wildman–Crippen MR) is 96.4 cm³/mol. The van der Waals surface area contributed by atoms with Gasteiger partial charge < -0.3 is 0 Å². The van der Waals surface area contributed by atoms with Crippen molar-refractivity contribution < 1.29 is 17.2 Å². The van der Waals surface area contributed by atoms with Crippen molar-refractivity contribution in [2.24, 2.45) is 0 Å². The molecule has 4 nitrogen and oxygen atoms in total. The quantitative estimate of drug-likeness (QED) is 0.251. The summed E-state index contributed by atoms with van der Waals surface area (Å²) in [7, 11) is -4.24. The van der Waals surface area contributed by atoms with Gasteiger partial charge in [0.1, 0.15) is 0 Å². The molecule has 0 heterocycles. The molecule has 0 spiro atoms. The van der Waals surface area contributed by atoms with E-state index < -0.39 is 10.4 Å². The zero-order chi connectivity index (χ0) is 15.8. The normalized spacial score (nSPS) is 11.4. The number of unbranched alkanes of at least 4 members (excludes halogenated alkanes) is 13. The molecular weight excluding hydrogens is 328 g/mol. The van der Waals surface area contributed by atoms with Gasteiger partial charge in [-0.05, 0) is 6.42 Å². The molecule has 6 heteroatoms. The van der Waals surface area contributed by atoms with Gasteiger partial charge in [0.2, 0.25) is 0 Å². The molecule has 0 unspecified atom stereocenters. The first kappa shape index (κ1) is 25.4. The zero-order valence-electron chi connectivity index (χ0n) is 13.7. The maximum absolute atomic E-state index is 10.3. The van der Waals surface area contributed by atoms with Gasteiger partial charge in [-0.1, -0.05) is 90.4 Å². The second-order valence-electron chi connectivity index (χ2n) is 5.85. The first-order valence-electron chi connectivity index (χ1n) is 8.68. The van der Waals surface area contributed by atoms with E-state index in [2.05, 4.69) is 11.1 Å². The van der Waals surface area contributed by atoms with Gasteiger partial charge >= 0.3 is 48.1 Å². The zero-order valence-corrected chi connectivity index (χ0v) is 14.5. The molecule has 0 atom stereocenters. The molecule has 0 aromatic heterocycles. The van der Waals surface area contributed by atoms with E-state index in [-0.39, 0.29) is 44.3 Å². The summed E-state index contributed by atoms with van der Waals surface area (Å²) in [5, 5.41) is 0. The number of hydrogen-bond acceptors (Lipinski definition) is 3. The Morgan fingerprint density at radius 1 is 0.682 bits per heavy atom. The van der Waals surface area contributed by atoms with Crippen molar-refractivity contribution in [1.82, 2.24) is 0 Å². The molecule has 0 aliphatic carbocycles. The van der Waals surface area contributed by atoms with Gasteiger partial charge in [-0.3, -0.25) is 4.55 Å². The van der Waals surface area contributed by atoms with E-state index >= 15 is 0 Å². The van der Waals surface area contributed by atoms with E-state index in [1.165, 1.54) is 70.6 Å². The summed E-state index contributed by atoms with van der Waals surface area (Å²) in [5.74, 6) is 0. The van der Waals surface area contributed by atoms with Gasteiger partial charge in [-0.2, -0.15) is 8.42 Å². The Bertz CT molecular complexity index is 307. The van der Waals surface area contributed by atoms with Crippen LogP contribution in [0.25, 0.3) is 0 Å². The molecule has 22 heavy (non-hydrogen) atoms. The van der Waals surface area contributed by atoms with Crippen LogP contribution in [0.1, 0.15) is 96.8 Å². The molecule has 0 rings (SSSR count). The van der Waals surface area contributed by atoms with Gasteiger partial charge in [0.25, 0.3) is 0 Å². The molecule has 0 amide bonds. The molecule has 0 fully saturated rings. The molecule has 0 aliphatic heterocycles. The second-order valence-corrected chi connectivity index (χ2v) is 6.94. The van der Waals surface area contributed by atoms with Crippen LogP contribution in [0.4, 0.5) is 0 Å². The van der Waals surface area contributed by atoms with Crippen LogP contribution in [0, 0.1) is 0 Å². The second kappa shape index (κ2) is 18.5. The van der Waals surface area contributed by atoms with Gasteiger partial charge in [-0.25, -0.2) is 4.18 Å². The van der Waals surface area contributed by atoms with Crippen LogP contribution in [-0.4, -0.2) is 57.3 Å². The van der Waals surface area contributed by atoms with Crippen LogP contribution in [-0.2, 0) is 14.6 Å². The van der Waals surface area contributed by atoms with Crippen molar-refractivity contribution in [3.8, 4) is 0 Å². The van der Waals surface area contributed by atoms with Gasteiger partial charge in [0, 0.05) is 0 Å². The summed E-state index contributed by atoms with van der Waals surface area (Å²) in [6.45, 7) is 2.35. The van der Waals surface area contributed by atoms with Crippen molar-refractivity contribution >= 4 is 48.1 Å². The molecule has 0 bridgehead atoms. The van der Waals surface area contributed by atoms with Gasteiger partial charge in [0.05, 0.1) is 6.61 Å². The Labute approximate surface area is 167 Å². The average molecular weight is 365 g/mol. The third-order valence-corrected chi connectivity index (χ3v) is 4.19. The van der Waals surface area contributed by atoms with E-state index in [9.17, 15) is 8.42 Å². The fourth-order valence-corrected chi connectivity index (χ4v) is 2.79. The molecule has 0 aliphatic rings. The molecule has 132 valence electrons. The molecule has 0 saturated carbocycles. The number of rotatable bonds is 16. The average Bonchev–Trinajstić information content (AvgIpc) is 2.42. The molecular formula is C16H36CaO4S. The topological polar surface area (TPSA) is 63.6 Å². The van der Waals surface area contributed by atoms with E-state index in [4.69, 9.17) is 4.55 Å².